The van der Waals surface area contributed by atoms with Gasteiger partial charge in [-0.1, -0.05) is 109 Å². The highest BCUT2D eigenvalue weighted by atomic mass is 16.2. The second kappa shape index (κ2) is 9.90. The maximum atomic E-state index is 13.7. The van der Waals surface area contributed by atoms with Crippen LogP contribution in [0.5, 0.6) is 0 Å². The molecule has 0 N–H and O–H groups in total. The number of carbonyl (C=O) groups is 1. The lowest BCUT2D eigenvalue weighted by atomic mass is 9.95. The summed E-state index contributed by atoms with van der Waals surface area (Å²) in [6.07, 6.45) is 0.759. The molecule has 0 fully saturated rings. The molecular formula is C29H27NO. The number of carbonyl (C=O) groups excluding carboxylic acids is 1. The molecule has 0 saturated heterocycles. The molecule has 0 spiro atoms. The van der Waals surface area contributed by atoms with E-state index in [0.29, 0.717) is 12.1 Å². The van der Waals surface area contributed by atoms with Crippen molar-refractivity contribution in [2.75, 3.05) is 0 Å². The Kier molecular flexibility index (Phi) is 6.59. The molecule has 0 bridgehead atoms. The Morgan fingerprint density at radius 1 is 0.677 bits per heavy atom. The fraction of sp³-hybridized carbons (Fsp3) is 0.138. The molecule has 0 aliphatic carbocycles. The molecular weight excluding hydrogens is 378 g/mol. The van der Waals surface area contributed by atoms with E-state index in [-0.39, 0.29) is 11.9 Å². The Morgan fingerprint density at radius 2 is 1.19 bits per heavy atom. The summed E-state index contributed by atoms with van der Waals surface area (Å²) in [6.45, 7) is 2.65. The summed E-state index contributed by atoms with van der Waals surface area (Å²) in [7, 11) is 0. The quantitative estimate of drug-likeness (QED) is 0.338. The summed E-state index contributed by atoms with van der Waals surface area (Å²) in [6, 6.07) is 38.7. The average molecular weight is 406 g/mol. The van der Waals surface area contributed by atoms with E-state index in [0.717, 1.165) is 17.5 Å². The van der Waals surface area contributed by atoms with Gasteiger partial charge in [0.15, 0.2) is 0 Å². The molecule has 154 valence electrons. The lowest BCUT2D eigenvalue weighted by molar-refractivity contribution is 0.0657. The molecule has 0 saturated carbocycles. The van der Waals surface area contributed by atoms with Crippen molar-refractivity contribution < 1.29 is 4.79 Å². The van der Waals surface area contributed by atoms with Crippen molar-refractivity contribution in [3.8, 4) is 0 Å². The van der Waals surface area contributed by atoms with Gasteiger partial charge in [-0.25, -0.2) is 0 Å². The Hall–Kier alpha value is -3.65. The van der Waals surface area contributed by atoms with Gasteiger partial charge >= 0.3 is 0 Å². The standard InChI is InChI=1S/C29H27NO/c1-23-17-19-26(20-18-23)28(21-24-11-5-2-6-12-24)30(22-25-13-7-3-8-14-25)29(31)27-15-9-4-10-16-27/h2-20,28H,21-22H2,1H3. The number of benzene rings is 4. The van der Waals surface area contributed by atoms with Gasteiger partial charge in [-0.2, -0.15) is 0 Å². The van der Waals surface area contributed by atoms with Gasteiger partial charge in [-0.05, 0) is 42.2 Å². The summed E-state index contributed by atoms with van der Waals surface area (Å²) in [5, 5.41) is 0. The van der Waals surface area contributed by atoms with Crippen LogP contribution >= 0.6 is 0 Å². The van der Waals surface area contributed by atoms with Crippen molar-refractivity contribution in [3.05, 3.63) is 143 Å². The van der Waals surface area contributed by atoms with Crippen LogP contribution in [0.25, 0.3) is 0 Å². The lowest BCUT2D eigenvalue weighted by Gasteiger charge is -2.33. The van der Waals surface area contributed by atoms with Gasteiger partial charge in [0.2, 0.25) is 0 Å². The number of rotatable bonds is 7. The molecule has 1 unspecified atom stereocenters. The summed E-state index contributed by atoms with van der Waals surface area (Å²) >= 11 is 0. The first-order chi connectivity index (χ1) is 15.2. The maximum absolute atomic E-state index is 13.7. The summed E-state index contributed by atoms with van der Waals surface area (Å²) in [4.78, 5) is 15.8. The predicted octanol–water partition coefficient (Wildman–Crippen LogP) is 6.62. The van der Waals surface area contributed by atoms with E-state index in [1.54, 1.807) is 0 Å². The van der Waals surface area contributed by atoms with Crippen molar-refractivity contribution in [3.63, 3.8) is 0 Å². The van der Waals surface area contributed by atoms with Gasteiger partial charge in [0.1, 0.15) is 0 Å². The maximum Gasteiger partial charge on any atom is 0.254 e. The Bertz CT molecular complexity index is 1090. The second-order valence-corrected chi connectivity index (χ2v) is 7.90. The van der Waals surface area contributed by atoms with Gasteiger partial charge in [0.25, 0.3) is 5.91 Å². The largest absolute Gasteiger partial charge is 0.327 e. The molecule has 4 aromatic rings. The highest BCUT2D eigenvalue weighted by Crippen LogP contribution is 2.29. The normalized spacial score (nSPS) is 11.6. The van der Waals surface area contributed by atoms with E-state index in [2.05, 4.69) is 67.6 Å². The van der Waals surface area contributed by atoms with E-state index >= 15 is 0 Å². The van der Waals surface area contributed by atoms with Crippen LogP contribution < -0.4 is 0 Å². The van der Waals surface area contributed by atoms with Crippen LogP contribution in [0.3, 0.4) is 0 Å². The monoisotopic (exact) mass is 405 g/mol. The molecule has 2 nitrogen and oxygen atoms in total. The van der Waals surface area contributed by atoms with Crippen LogP contribution in [0.4, 0.5) is 0 Å². The molecule has 1 atom stereocenters. The minimum Gasteiger partial charge on any atom is -0.327 e. The molecule has 4 rings (SSSR count). The van der Waals surface area contributed by atoms with E-state index in [1.807, 2.05) is 59.5 Å². The Morgan fingerprint density at radius 3 is 1.77 bits per heavy atom. The molecule has 0 aromatic heterocycles. The smallest absolute Gasteiger partial charge is 0.254 e. The van der Waals surface area contributed by atoms with E-state index < -0.39 is 0 Å². The number of aryl methyl sites for hydroxylation is 1. The van der Waals surface area contributed by atoms with E-state index in [4.69, 9.17) is 0 Å². The molecule has 0 aliphatic rings. The van der Waals surface area contributed by atoms with E-state index in [1.165, 1.54) is 11.1 Å². The van der Waals surface area contributed by atoms with Crippen LogP contribution in [0.2, 0.25) is 0 Å². The zero-order valence-corrected chi connectivity index (χ0v) is 17.8. The molecule has 0 aliphatic heterocycles. The predicted molar refractivity (Wildman–Crippen MR) is 127 cm³/mol. The van der Waals surface area contributed by atoms with Crippen molar-refractivity contribution in [2.24, 2.45) is 0 Å². The topological polar surface area (TPSA) is 20.3 Å². The lowest BCUT2D eigenvalue weighted by Crippen LogP contribution is -2.35. The zero-order chi connectivity index (χ0) is 21.5. The number of hydrogen-bond donors (Lipinski definition) is 0. The summed E-state index contributed by atoms with van der Waals surface area (Å²) in [5.41, 5.74) is 5.41. The van der Waals surface area contributed by atoms with Crippen LogP contribution in [0, 0.1) is 6.92 Å². The van der Waals surface area contributed by atoms with Gasteiger partial charge in [0.05, 0.1) is 6.04 Å². The summed E-state index contributed by atoms with van der Waals surface area (Å²) in [5.74, 6) is 0.0472. The van der Waals surface area contributed by atoms with Gasteiger partial charge in [-0.15, -0.1) is 0 Å². The van der Waals surface area contributed by atoms with Crippen molar-refractivity contribution in [1.82, 2.24) is 4.90 Å². The SMILES string of the molecule is Cc1ccc(C(Cc2ccccc2)N(Cc2ccccc2)C(=O)c2ccccc2)cc1. The highest BCUT2D eigenvalue weighted by molar-refractivity contribution is 5.94. The van der Waals surface area contributed by atoms with Gasteiger partial charge in [0, 0.05) is 12.1 Å². The van der Waals surface area contributed by atoms with Crippen molar-refractivity contribution >= 4 is 5.91 Å². The fourth-order valence-corrected chi connectivity index (χ4v) is 3.88. The van der Waals surface area contributed by atoms with Crippen molar-refractivity contribution in [2.45, 2.75) is 25.9 Å². The highest BCUT2D eigenvalue weighted by Gasteiger charge is 2.26. The molecule has 0 radical (unpaired) electrons. The third-order valence-electron chi connectivity index (χ3n) is 5.59. The van der Waals surface area contributed by atoms with Crippen LogP contribution in [-0.2, 0) is 13.0 Å². The second-order valence-electron chi connectivity index (χ2n) is 7.90. The van der Waals surface area contributed by atoms with Crippen LogP contribution in [0.1, 0.15) is 38.7 Å². The Labute approximate surface area is 184 Å². The van der Waals surface area contributed by atoms with Crippen LogP contribution in [-0.4, -0.2) is 10.8 Å². The molecule has 2 heteroatoms. The third kappa shape index (κ3) is 5.29. The van der Waals surface area contributed by atoms with Gasteiger partial charge < -0.3 is 4.90 Å². The fourth-order valence-electron chi connectivity index (χ4n) is 3.88. The first-order valence-electron chi connectivity index (χ1n) is 10.7. The number of hydrogen-bond acceptors (Lipinski definition) is 1. The van der Waals surface area contributed by atoms with E-state index in [9.17, 15) is 4.79 Å². The summed E-state index contributed by atoms with van der Waals surface area (Å²) < 4.78 is 0. The Balaban J connectivity index is 1.77. The van der Waals surface area contributed by atoms with Crippen molar-refractivity contribution in [1.29, 1.82) is 0 Å². The number of amides is 1. The molecule has 1 amide bonds. The minimum atomic E-state index is -0.0732. The number of nitrogens with zero attached hydrogens (tertiary/aromatic N) is 1. The first kappa shape index (κ1) is 20.6. The molecule has 31 heavy (non-hydrogen) atoms. The first-order valence-corrected chi connectivity index (χ1v) is 10.7. The zero-order valence-electron chi connectivity index (χ0n) is 17.8. The molecule has 0 heterocycles. The average Bonchev–Trinajstić information content (AvgIpc) is 2.83. The van der Waals surface area contributed by atoms with Crippen LogP contribution in [0.15, 0.2) is 115 Å². The molecule has 4 aromatic carbocycles. The van der Waals surface area contributed by atoms with Gasteiger partial charge in [-0.3, -0.25) is 4.79 Å². The minimum absolute atomic E-state index is 0.0472. The third-order valence-corrected chi connectivity index (χ3v) is 5.59.